The maximum absolute atomic E-state index is 13.3. The average molecular weight is 424 g/mol. The lowest BCUT2D eigenvalue weighted by Gasteiger charge is -2.31. The summed E-state index contributed by atoms with van der Waals surface area (Å²) in [6, 6.07) is 8.78. The van der Waals surface area contributed by atoms with Gasteiger partial charge in [-0.15, -0.1) is 0 Å². The Bertz CT molecular complexity index is 1040. The minimum absolute atomic E-state index is 0.0207. The van der Waals surface area contributed by atoms with Gasteiger partial charge >= 0.3 is 6.18 Å². The smallest absolute Gasteiger partial charge is 0.416 e. The lowest BCUT2D eigenvalue weighted by Crippen LogP contribution is -2.41. The molecule has 0 radical (unpaired) electrons. The molecule has 0 N–H and O–H groups in total. The number of rotatable bonds is 3. The quantitative estimate of drug-likeness (QED) is 0.547. The first kappa shape index (κ1) is 19.6. The molecule has 2 heterocycles. The Morgan fingerprint density at radius 1 is 1.14 bits per heavy atom. The van der Waals surface area contributed by atoms with E-state index in [1.807, 2.05) is 0 Å². The summed E-state index contributed by atoms with van der Waals surface area (Å²) in [5.74, 6) is -0.765. The van der Waals surface area contributed by atoms with Crippen molar-refractivity contribution in [1.82, 2.24) is 9.88 Å². The summed E-state index contributed by atoms with van der Waals surface area (Å²) in [5.41, 5.74) is -0.162. The molecule has 1 aliphatic heterocycles. The Morgan fingerprint density at radius 3 is 2.62 bits per heavy atom. The molecule has 29 heavy (non-hydrogen) atoms. The van der Waals surface area contributed by atoms with Gasteiger partial charge in [0.05, 0.1) is 15.8 Å². The minimum Gasteiger partial charge on any atom is -0.467 e. The van der Waals surface area contributed by atoms with Crippen LogP contribution in [0, 0.1) is 5.82 Å². The van der Waals surface area contributed by atoms with Crippen LogP contribution in [0.5, 0.6) is 5.19 Å². The van der Waals surface area contributed by atoms with Crippen LogP contribution in [0.2, 0.25) is 0 Å². The summed E-state index contributed by atoms with van der Waals surface area (Å²) in [6.45, 7) is 0.749. The molecule has 1 amide bonds. The number of carbonyl (C=O) groups is 1. The average Bonchev–Trinajstić information content (AvgIpc) is 3.09. The van der Waals surface area contributed by atoms with Crippen LogP contribution in [0.25, 0.3) is 10.2 Å². The second-order valence-electron chi connectivity index (χ2n) is 6.78. The van der Waals surface area contributed by atoms with Crippen molar-refractivity contribution in [1.29, 1.82) is 0 Å². The van der Waals surface area contributed by atoms with Crippen molar-refractivity contribution in [3.63, 3.8) is 0 Å². The van der Waals surface area contributed by atoms with Gasteiger partial charge < -0.3 is 9.64 Å². The molecule has 1 aliphatic rings. The van der Waals surface area contributed by atoms with Crippen molar-refractivity contribution >= 4 is 27.5 Å². The number of benzene rings is 2. The Morgan fingerprint density at radius 2 is 1.90 bits per heavy atom. The molecule has 9 heteroatoms. The van der Waals surface area contributed by atoms with E-state index in [1.165, 1.54) is 40.5 Å². The molecule has 2 aromatic carbocycles. The normalized spacial score (nSPS) is 15.7. The lowest BCUT2D eigenvalue weighted by molar-refractivity contribution is -0.137. The van der Waals surface area contributed by atoms with Crippen LogP contribution >= 0.6 is 11.3 Å². The molecule has 0 spiro atoms. The number of carbonyl (C=O) groups excluding carboxylic acids is 1. The summed E-state index contributed by atoms with van der Waals surface area (Å²) < 4.78 is 58.5. The number of likely N-dealkylation sites (tertiary alicyclic amines) is 1. The third kappa shape index (κ3) is 4.34. The molecular weight excluding hydrogens is 408 g/mol. The van der Waals surface area contributed by atoms with Crippen LogP contribution in [0.4, 0.5) is 17.6 Å². The molecule has 3 aromatic rings. The molecule has 1 saturated heterocycles. The molecule has 4 nitrogen and oxygen atoms in total. The van der Waals surface area contributed by atoms with E-state index in [1.54, 1.807) is 6.07 Å². The van der Waals surface area contributed by atoms with Gasteiger partial charge in [0.2, 0.25) is 0 Å². The zero-order valence-corrected chi connectivity index (χ0v) is 15.9. The van der Waals surface area contributed by atoms with E-state index in [0.29, 0.717) is 41.3 Å². The molecule has 1 fully saturated rings. The maximum Gasteiger partial charge on any atom is 0.416 e. The number of fused-ring (bicyclic) bond motifs is 1. The monoisotopic (exact) mass is 424 g/mol. The number of hydrogen-bond acceptors (Lipinski definition) is 4. The molecule has 0 bridgehead atoms. The highest BCUT2D eigenvalue weighted by Gasteiger charge is 2.32. The standard InChI is InChI=1S/C20H16F4N2O2S/c21-14-4-5-16-17(11-14)29-19(25-16)28-15-6-8-26(9-7-15)18(27)12-2-1-3-13(10-12)20(22,23)24/h1-5,10-11,15H,6-9H2. The minimum atomic E-state index is -4.49. The molecule has 0 saturated carbocycles. The van der Waals surface area contributed by atoms with Gasteiger partial charge in [-0.25, -0.2) is 9.37 Å². The fourth-order valence-electron chi connectivity index (χ4n) is 3.26. The molecule has 0 aliphatic carbocycles. The first-order valence-corrected chi connectivity index (χ1v) is 9.80. The third-order valence-corrected chi connectivity index (χ3v) is 5.67. The zero-order chi connectivity index (χ0) is 20.6. The third-order valence-electron chi connectivity index (χ3n) is 4.76. The van der Waals surface area contributed by atoms with E-state index in [4.69, 9.17) is 4.74 Å². The summed E-state index contributed by atoms with van der Waals surface area (Å²) in [4.78, 5) is 18.4. The van der Waals surface area contributed by atoms with E-state index in [2.05, 4.69) is 4.98 Å². The van der Waals surface area contributed by atoms with E-state index >= 15 is 0 Å². The van der Waals surface area contributed by atoms with Crippen molar-refractivity contribution in [2.75, 3.05) is 13.1 Å². The number of alkyl halides is 3. The van der Waals surface area contributed by atoms with Gasteiger partial charge in [-0.2, -0.15) is 13.2 Å². The second kappa shape index (κ2) is 7.62. The lowest BCUT2D eigenvalue weighted by atomic mass is 10.0. The summed E-state index contributed by atoms with van der Waals surface area (Å²) in [6.07, 6.45) is -3.58. The number of ether oxygens (including phenoxy) is 1. The predicted octanol–water partition coefficient (Wildman–Crippen LogP) is 5.14. The second-order valence-corrected chi connectivity index (χ2v) is 7.77. The van der Waals surface area contributed by atoms with Gasteiger partial charge in [0, 0.05) is 31.5 Å². The van der Waals surface area contributed by atoms with Crippen molar-refractivity contribution in [3.8, 4) is 5.19 Å². The number of hydrogen-bond donors (Lipinski definition) is 0. The molecular formula is C20H16F4N2O2S. The van der Waals surface area contributed by atoms with Gasteiger partial charge in [0.15, 0.2) is 0 Å². The molecule has 0 atom stereocenters. The van der Waals surface area contributed by atoms with Crippen LogP contribution in [0.1, 0.15) is 28.8 Å². The Balaban J connectivity index is 1.38. The topological polar surface area (TPSA) is 42.4 Å². The molecule has 152 valence electrons. The van der Waals surface area contributed by atoms with Crippen LogP contribution in [0.3, 0.4) is 0 Å². The predicted molar refractivity (Wildman–Crippen MR) is 101 cm³/mol. The van der Waals surface area contributed by atoms with Crippen molar-refractivity contribution in [2.45, 2.75) is 25.1 Å². The number of aromatic nitrogens is 1. The fourth-order valence-corrected chi connectivity index (χ4v) is 4.16. The molecule has 0 unspecified atom stereocenters. The fraction of sp³-hybridized carbons (Fsp3) is 0.300. The Kier molecular flexibility index (Phi) is 5.16. The number of amides is 1. The van der Waals surface area contributed by atoms with Crippen molar-refractivity contribution < 1.29 is 27.1 Å². The van der Waals surface area contributed by atoms with E-state index < -0.39 is 17.6 Å². The summed E-state index contributed by atoms with van der Waals surface area (Å²) in [5, 5.41) is 0.438. The highest BCUT2D eigenvalue weighted by atomic mass is 32.1. The van der Waals surface area contributed by atoms with Gasteiger partial charge in [0.1, 0.15) is 11.9 Å². The van der Waals surface area contributed by atoms with Crippen molar-refractivity contribution in [2.24, 2.45) is 0 Å². The van der Waals surface area contributed by atoms with E-state index in [-0.39, 0.29) is 17.5 Å². The van der Waals surface area contributed by atoms with Gasteiger partial charge in [0.25, 0.3) is 11.1 Å². The maximum atomic E-state index is 13.3. The van der Waals surface area contributed by atoms with Gasteiger partial charge in [-0.05, 0) is 36.4 Å². The van der Waals surface area contributed by atoms with Gasteiger partial charge in [-0.1, -0.05) is 17.4 Å². The van der Waals surface area contributed by atoms with Gasteiger partial charge in [-0.3, -0.25) is 4.79 Å². The largest absolute Gasteiger partial charge is 0.467 e. The highest BCUT2D eigenvalue weighted by molar-refractivity contribution is 7.20. The van der Waals surface area contributed by atoms with Crippen LogP contribution in [0.15, 0.2) is 42.5 Å². The number of piperidine rings is 1. The first-order valence-electron chi connectivity index (χ1n) is 8.99. The molecule has 1 aromatic heterocycles. The van der Waals surface area contributed by atoms with Crippen molar-refractivity contribution in [3.05, 3.63) is 59.4 Å². The van der Waals surface area contributed by atoms with Crippen LogP contribution in [-0.4, -0.2) is 35.0 Å². The zero-order valence-electron chi connectivity index (χ0n) is 15.1. The Hall–Kier alpha value is -2.68. The number of halogens is 4. The summed E-state index contributed by atoms with van der Waals surface area (Å²) in [7, 11) is 0. The van der Waals surface area contributed by atoms with Crippen LogP contribution < -0.4 is 4.74 Å². The molecule has 4 rings (SSSR count). The summed E-state index contributed by atoms with van der Waals surface area (Å²) >= 11 is 1.25. The highest BCUT2D eigenvalue weighted by Crippen LogP contribution is 2.31. The Labute approximate surface area is 167 Å². The number of nitrogens with zero attached hydrogens (tertiary/aromatic N) is 2. The number of thiazole rings is 1. The SMILES string of the molecule is O=C(c1cccc(C(F)(F)F)c1)N1CCC(Oc2nc3ccc(F)cc3s2)CC1. The van der Waals surface area contributed by atoms with E-state index in [0.717, 1.165) is 12.1 Å². The first-order chi connectivity index (χ1) is 13.8. The van der Waals surface area contributed by atoms with Crippen LogP contribution in [-0.2, 0) is 6.18 Å². The van der Waals surface area contributed by atoms with E-state index in [9.17, 15) is 22.4 Å².